The molecule has 3 aromatic rings. The summed E-state index contributed by atoms with van der Waals surface area (Å²) in [5.41, 5.74) is 0.960. The fourth-order valence-corrected chi connectivity index (χ4v) is 4.71. The van der Waals surface area contributed by atoms with Gasteiger partial charge < -0.3 is 19.9 Å². The molecular formula is C25H26ClFN4O3. The number of hydrogen-bond donors (Lipinski definition) is 2. The first-order valence-corrected chi connectivity index (χ1v) is 11.9. The van der Waals surface area contributed by atoms with Crippen molar-refractivity contribution in [3.05, 3.63) is 69.2 Å². The number of aromatic nitrogens is 1. The van der Waals surface area contributed by atoms with Crippen molar-refractivity contribution in [1.29, 1.82) is 0 Å². The van der Waals surface area contributed by atoms with E-state index in [9.17, 15) is 9.59 Å². The largest absolute Gasteiger partial charge is 0.395 e. The second kappa shape index (κ2) is 9.37. The van der Waals surface area contributed by atoms with Crippen LogP contribution in [0.5, 0.6) is 0 Å². The molecule has 178 valence electrons. The molecule has 2 heterocycles. The van der Waals surface area contributed by atoms with E-state index in [0.29, 0.717) is 41.5 Å². The lowest BCUT2D eigenvalue weighted by Gasteiger charge is -2.36. The van der Waals surface area contributed by atoms with Gasteiger partial charge in [-0.3, -0.25) is 14.5 Å². The molecule has 0 atom stereocenters. The molecule has 2 aliphatic rings. The number of amides is 1. The fourth-order valence-electron chi connectivity index (χ4n) is 4.52. The van der Waals surface area contributed by atoms with Crippen LogP contribution in [-0.2, 0) is 0 Å². The molecule has 0 spiro atoms. The topological polar surface area (TPSA) is 77.8 Å². The highest BCUT2D eigenvalue weighted by Gasteiger charge is 2.28. The predicted molar refractivity (Wildman–Crippen MR) is 132 cm³/mol. The number of aliphatic hydroxyl groups is 1. The molecule has 1 aromatic heterocycles. The Hall–Kier alpha value is -2.94. The summed E-state index contributed by atoms with van der Waals surface area (Å²) < 4.78 is 17.2. The third-order valence-corrected chi connectivity index (χ3v) is 6.87. The van der Waals surface area contributed by atoms with Gasteiger partial charge in [-0.1, -0.05) is 23.7 Å². The number of fused-ring (bicyclic) bond motifs is 1. The highest BCUT2D eigenvalue weighted by molar-refractivity contribution is 6.33. The molecule has 34 heavy (non-hydrogen) atoms. The number of anilines is 2. The number of halogens is 2. The Labute approximate surface area is 201 Å². The predicted octanol–water partition coefficient (Wildman–Crippen LogP) is 3.50. The van der Waals surface area contributed by atoms with Gasteiger partial charge in [-0.2, -0.15) is 0 Å². The number of β-amino-alcohol motifs (C(OH)–C–C–N with tert-alkyl or cyclic N) is 1. The Balaban J connectivity index is 1.52. The minimum Gasteiger partial charge on any atom is -0.395 e. The summed E-state index contributed by atoms with van der Waals surface area (Å²) in [6.07, 6.45) is 3.47. The zero-order valence-corrected chi connectivity index (χ0v) is 19.4. The number of pyridine rings is 1. The Morgan fingerprint density at radius 3 is 2.56 bits per heavy atom. The maximum Gasteiger partial charge on any atom is 0.261 e. The molecular weight excluding hydrogens is 459 g/mol. The lowest BCUT2D eigenvalue weighted by atomic mass is 10.1. The molecule has 2 aromatic carbocycles. The third-order valence-electron chi connectivity index (χ3n) is 6.54. The van der Waals surface area contributed by atoms with Crippen LogP contribution in [0, 0.1) is 5.82 Å². The average molecular weight is 485 g/mol. The number of nitrogens with zero attached hydrogens (tertiary/aromatic N) is 3. The van der Waals surface area contributed by atoms with Crippen molar-refractivity contribution in [1.82, 2.24) is 9.47 Å². The SMILES string of the molecule is O=C(Nc1ccccc1Cl)c1cn(C2CC2)c2cc(N3CCN(CCO)CC3)c(F)cc2c1=O. The zero-order valence-electron chi connectivity index (χ0n) is 18.6. The van der Waals surface area contributed by atoms with E-state index in [4.69, 9.17) is 16.7 Å². The van der Waals surface area contributed by atoms with E-state index in [1.54, 1.807) is 36.5 Å². The molecule has 1 saturated heterocycles. The quantitative estimate of drug-likeness (QED) is 0.560. The van der Waals surface area contributed by atoms with E-state index in [1.165, 1.54) is 6.07 Å². The standard InChI is InChI=1S/C25H26ClFN4O3/c26-19-3-1-2-4-21(19)28-25(34)18-15-31(16-5-6-16)22-14-23(20(27)13-17(22)24(18)33)30-9-7-29(8-10-30)11-12-32/h1-4,13-16,32H,5-12H2,(H,28,34). The van der Waals surface area contributed by atoms with Crippen LogP contribution in [0.4, 0.5) is 15.8 Å². The van der Waals surface area contributed by atoms with Gasteiger partial charge in [0.2, 0.25) is 5.43 Å². The van der Waals surface area contributed by atoms with E-state index >= 15 is 4.39 Å². The van der Waals surface area contributed by atoms with Gasteiger partial charge in [-0.15, -0.1) is 0 Å². The molecule has 1 aliphatic carbocycles. The van der Waals surface area contributed by atoms with Gasteiger partial charge >= 0.3 is 0 Å². The van der Waals surface area contributed by atoms with Crippen molar-refractivity contribution in [2.75, 3.05) is 49.5 Å². The van der Waals surface area contributed by atoms with Gasteiger partial charge in [0.05, 0.1) is 28.5 Å². The Morgan fingerprint density at radius 2 is 1.88 bits per heavy atom. The fraction of sp³-hybridized carbons (Fsp3) is 0.360. The van der Waals surface area contributed by atoms with Crippen LogP contribution in [0.2, 0.25) is 5.02 Å². The summed E-state index contributed by atoms with van der Waals surface area (Å²) in [5, 5.41) is 12.4. The molecule has 1 aliphatic heterocycles. The van der Waals surface area contributed by atoms with Gasteiger partial charge in [-0.25, -0.2) is 4.39 Å². The van der Waals surface area contributed by atoms with Crippen LogP contribution in [-0.4, -0.2) is 59.8 Å². The maximum absolute atomic E-state index is 15.2. The first-order chi connectivity index (χ1) is 16.5. The van der Waals surface area contributed by atoms with E-state index in [-0.39, 0.29) is 23.6 Å². The van der Waals surface area contributed by atoms with Crippen molar-refractivity contribution in [2.24, 2.45) is 0 Å². The highest BCUT2D eigenvalue weighted by Crippen LogP contribution is 2.38. The second-order valence-corrected chi connectivity index (χ2v) is 9.22. The summed E-state index contributed by atoms with van der Waals surface area (Å²) >= 11 is 6.15. The first-order valence-electron chi connectivity index (χ1n) is 11.5. The third kappa shape index (κ3) is 4.41. The van der Waals surface area contributed by atoms with Crippen LogP contribution in [0.3, 0.4) is 0 Å². The van der Waals surface area contributed by atoms with Crippen LogP contribution in [0.25, 0.3) is 10.9 Å². The number of carbonyl (C=O) groups excluding carboxylic acids is 1. The van der Waals surface area contributed by atoms with E-state index in [2.05, 4.69) is 10.2 Å². The lowest BCUT2D eigenvalue weighted by Crippen LogP contribution is -2.47. The minimum absolute atomic E-state index is 0.0379. The normalized spacial score (nSPS) is 16.7. The molecule has 1 amide bonds. The van der Waals surface area contributed by atoms with E-state index < -0.39 is 17.2 Å². The van der Waals surface area contributed by atoms with Crippen molar-refractivity contribution >= 4 is 39.8 Å². The van der Waals surface area contributed by atoms with Crippen LogP contribution < -0.4 is 15.6 Å². The van der Waals surface area contributed by atoms with Crippen LogP contribution in [0.15, 0.2) is 47.4 Å². The molecule has 5 rings (SSSR count). The monoisotopic (exact) mass is 484 g/mol. The Bertz CT molecular complexity index is 1300. The lowest BCUT2D eigenvalue weighted by molar-refractivity contribution is 0.102. The van der Waals surface area contributed by atoms with Crippen molar-refractivity contribution < 1.29 is 14.3 Å². The van der Waals surface area contributed by atoms with Gasteiger partial charge in [0.1, 0.15) is 11.4 Å². The molecule has 2 N–H and O–H groups in total. The molecule has 9 heteroatoms. The number of nitrogens with one attached hydrogen (secondary N) is 1. The molecule has 0 unspecified atom stereocenters. The number of benzene rings is 2. The summed E-state index contributed by atoms with van der Waals surface area (Å²) in [7, 11) is 0. The van der Waals surface area contributed by atoms with Crippen molar-refractivity contribution in [3.8, 4) is 0 Å². The first kappa shape index (κ1) is 22.8. The van der Waals surface area contributed by atoms with Gasteiger partial charge in [0.15, 0.2) is 0 Å². The smallest absolute Gasteiger partial charge is 0.261 e. The summed E-state index contributed by atoms with van der Waals surface area (Å²) in [4.78, 5) is 30.4. The van der Waals surface area contributed by atoms with Gasteiger partial charge in [0.25, 0.3) is 5.91 Å². The van der Waals surface area contributed by atoms with Crippen LogP contribution >= 0.6 is 11.6 Å². The van der Waals surface area contributed by atoms with Gasteiger partial charge in [0, 0.05) is 50.3 Å². The molecule has 0 bridgehead atoms. The van der Waals surface area contributed by atoms with Crippen molar-refractivity contribution in [3.63, 3.8) is 0 Å². The molecule has 1 saturated carbocycles. The summed E-state index contributed by atoms with van der Waals surface area (Å²) in [6.45, 7) is 3.44. The highest BCUT2D eigenvalue weighted by atomic mass is 35.5. The average Bonchev–Trinajstić information content (AvgIpc) is 3.67. The summed E-state index contributed by atoms with van der Waals surface area (Å²) in [6, 6.07) is 9.98. The number of carbonyl (C=O) groups is 1. The van der Waals surface area contributed by atoms with Crippen molar-refractivity contribution in [2.45, 2.75) is 18.9 Å². The number of piperazine rings is 1. The minimum atomic E-state index is -0.570. The molecule has 7 nitrogen and oxygen atoms in total. The van der Waals surface area contributed by atoms with E-state index in [1.807, 2.05) is 9.47 Å². The summed E-state index contributed by atoms with van der Waals surface area (Å²) in [5.74, 6) is -1.05. The number of hydrogen-bond acceptors (Lipinski definition) is 5. The zero-order chi connectivity index (χ0) is 23.8. The maximum atomic E-state index is 15.2. The number of rotatable bonds is 6. The Morgan fingerprint density at radius 1 is 1.15 bits per heavy atom. The second-order valence-electron chi connectivity index (χ2n) is 8.82. The van der Waals surface area contributed by atoms with E-state index in [0.717, 1.165) is 25.9 Å². The Kier molecular flexibility index (Phi) is 6.29. The molecule has 0 radical (unpaired) electrons. The van der Waals surface area contributed by atoms with Gasteiger partial charge in [-0.05, 0) is 37.1 Å². The number of para-hydroxylation sites is 1. The number of aliphatic hydroxyl groups excluding tert-OH is 1. The van der Waals surface area contributed by atoms with Crippen LogP contribution in [0.1, 0.15) is 29.2 Å². The molecule has 2 fully saturated rings.